The molecule has 0 atom stereocenters. The van der Waals surface area contributed by atoms with Gasteiger partial charge in [0.25, 0.3) is 15.9 Å². The van der Waals surface area contributed by atoms with Gasteiger partial charge in [0.05, 0.1) is 30.0 Å². The van der Waals surface area contributed by atoms with E-state index in [1.807, 2.05) is 6.92 Å². The van der Waals surface area contributed by atoms with Gasteiger partial charge in [-0.05, 0) is 86.1 Å². The Bertz CT molecular complexity index is 1310. The second-order valence-electron chi connectivity index (χ2n) is 7.35. The Morgan fingerprint density at radius 1 is 1.03 bits per heavy atom. The maximum absolute atomic E-state index is 13.4. The monoisotopic (exact) mass is 531 g/mol. The van der Waals surface area contributed by atoms with E-state index in [1.54, 1.807) is 43.3 Å². The third-order valence-corrected chi connectivity index (χ3v) is 6.85. The van der Waals surface area contributed by atoms with Crippen LogP contribution in [-0.4, -0.2) is 45.4 Å². The van der Waals surface area contributed by atoms with Gasteiger partial charge in [-0.25, -0.2) is 13.8 Å². The molecule has 0 aliphatic rings. The van der Waals surface area contributed by atoms with Crippen LogP contribution in [0.1, 0.15) is 19.4 Å². The Morgan fingerprint density at radius 3 is 2.33 bits per heavy atom. The number of nitrogens with zero attached hydrogens (tertiary/aromatic N) is 2. The van der Waals surface area contributed by atoms with Crippen molar-refractivity contribution in [3.63, 3.8) is 0 Å². The van der Waals surface area contributed by atoms with Crippen molar-refractivity contribution in [1.82, 2.24) is 5.43 Å². The third-order valence-electron chi connectivity index (χ3n) is 4.81. The molecule has 9 nitrogen and oxygen atoms in total. The number of carbonyl (C=O) groups is 1. The Morgan fingerprint density at radius 2 is 1.69 bits per heavy atom. The number of sulfonamides is 1. The number of phenols is 1. The zero-order chi connectivity index (χ0) is 26.1. The number of anilines is 1. The van der Waals surface area contributed by atoms with Crippen LogP contribution in [0.4, 0.5) is 5.69 Å². The van der Waals surface area contributed by atoms with Crippen molar-refractivity contribution in [3.05, 3.63) is 77.3 Å². The highest BCUT2D eigenvalue weighted by Gasteiger charge is 2.27. The average molecular weight is 532 g/mol. The van der Waals surface area contributed by atoms with E-state index in [0.29, 0.717) is 29.5 Å². The Balaban J connectivity index is 1.82. The van der Waals surface area contributed by atoms with Gasteiger partial charge in [-0.3, -0.25) is 9.10 Å². The summed E-state index contributed by atoms with van der Waals surface area (Å²) in [6.07, 6.45) is 1.36. The van der Waals surface area contributed by atoms with Crippen LogP contribution in [0.2, 0.25) is 5.02 Å². The number of benzene rings is 3. The van der Waals surface area contributed by atoms with E-state index in [4.69, 9.17) is 21.1 Å². The Labute approximate surface area is 215 Å². The minimum atomic E-state index is -4.11. The molecule has 0 radical (unpaired) electrons. The van der Waals surface area contributed by atoms with Gasteiger partial charge in [0.1, 0.15) is 12.3 Å². The smallest absolute Gasteiger partial charge is 0.264 e. The van der Waals surface area contributed by atoms with E-state index in [0.717, 1.165) is 4.31 Å². The highest BCUT2D eigenvalue weighted by atomic mass is 35.5. The summed E-state index contributed by atoms with van der Waals surface area (Å²) in [5.41, 5.74) is 3.17. The van der Waals surface area contributed by atoms with Crippen LogP contribution in [0.5, 0.6) is 17.2 Å². The molecule has 0 spiro atoms. The third kappa shape index (κ3) is 6.89. The number of rotatable bonds is 11. The lowest BCUT2D eigenvalue weighted by molar-refractivity contribution is -0.119. The van der Waals surface area contributed by atoms with Gasteiger partial charge in [-0.2, -0.15) is 5.10 Å². The van der Waals surface area contributed by atoms with Crippen molar-refractivity contribution < 1.29 is 27.8 Å². The quantitative estimate of drug-likeness (QED) is 0.283. The lowest BCUT2D eigenvalue weighted by Crippen LogP contribution is -2.39. The molecule has 0 saturated carbocycles. The van der Waals surface area contributed by atoms with E-state index < -0.39 is 22.5 Å². The van der Waals surface area contributed by atoms with Gasteiger partial charge in [0.2, 0.25) is 0 Å². The summed E-state index contributed by atoms with van der Waals surface area (Å²) >= 11 is 5.91. The van der Waals surface area contributed by atoms with Crippen molar-refractivity contribution in [3.8, 4) is 17.2 Å². The Hall–Kier alpha value is -3.76. The fourth-order valence-corrected chi connectivity index (χ4v) is 4.70. The summed E-state index contributed by atoms with van der Waals surface area (Å²) in [6, 6.07) is 16.6. The van der Waals surface area contributed by atoms with Crippen LogP contribution in [0.15, 0.2) is 76.7 Å². The van der Waals surface area contributed by atoms with Crippen LogP contribution in [0.25, 0.3) is 0 Å². The normalized spacial score (nSPS) is 11.3. The van der Waals surface area contributed by atoms with Crippen LogP contribution in [-0.2, 0) is 14.8 Å². The molecule has 0 bridgehead atoms. The highest BCUT2D eigenvalue weighted by molar-refractivity contribution is 7.92. The lowest BCUT2D eigenvalue weighted by Gasteiger charge is -2.24. The zero-order valence-corrected chi connectivity index (χ0v) is 21.3. The number of phenolic OH excluding ortho intramolecular Hbond substituents is 1. The lowest BCUT2D eigenvalue weighted by atomic mass is 10.2. The van der Waals surface area contributed by atoms with Crippen molar-refractivity contribution >= 4 is 39.4 Å². The summed E-state index contributed by atoms with van der Waals surface area (Å²) in [7, 11) is -4.11. The molecule has 3 rings (SSSR count). The molecule has 0 aliphatic carbocycles. The predicted octanol–water partition coefficient (Wildman–Crippen LogP) is 4.19. The molecule has 1 amide bonds. The minimum Gasteiger partial charge on any atom is -0.504 e. The number of halogens is 1. The average Bonchev–Trinajstić information content (AvgIpc) is 2.86. The van der Waals surface area contributed by atoms with Crippen molar-refractivity contribution in [1.29, 1.82) is 0 Å². The van der Waals surface area contributed by atoms with Crippen LogP contribution < -0.4 is 19.2 Å². The number of amides is 1. The summed E-state index contributed by atoms with van der Waals surface area (Å²) in [5, 5.41) is 14.1. The molecule has 3 aromatic rings. The Kier molecular flexibility index (Phi) is 9.15. The van der Waals surface area contributed by atoms with Crippen LogP contribution in [0.3, 0.4) is 0 Å². The first-order chi connectivity index (χ1) is 17.2. The highest BCUT2D eigenvalue weighted by Crippen LogP contribution is 2.27. The number of nitrogens with one attached hydrogen (secondary N) is 1. The van der Waals surface area contributed by atoms with E-state index in [2.05, 4.69) is 10.5 Å². The second-order valence-corrected chi connectivity index (χ2v) is 9.64. The summed E-state index contributed by atoms with van der Waals surface area (Å²) < 4.78 is 38.6. The van der Waals surface area contributed by atoms with E-state index >= 15 is 0 Å². The van der Waals surface area contributed by atoms with Gasteiger partial charge in [0, 0.05) is 5.02 Å². The molecule has 0 aliphatic heterocycles. The zero-order valence-electron chi connectivity index (χ0n) is 19.7. The molecule has 11 heteroatoms. The van der Waals surface area contributed by atoms with Gasteiger partial charge in [-0.15, -0.1) is 0 Å². The van der Waals surface area contributed by atoms with Gasteiger partial charge in [-0.1, -0.05) is 11.6 Å². The van der Waals surface area contributed by atoms with Crippen molar-refractivity contribution in [2.24, 2.45) is 5.10 Å². The number of carbonyl (C=O) groups excluding carboxylic acids is 1. The molecular weight excluding hydrogens is 506 g/mol. The molecule has 0 aromatic heterocycles. The number of aromatic hydroxyl groups is 1. The maximum Gasteiger partial charge on any atom is 0.264 e. The van der Waals surface area contributed by atoms with E-state index in [1.165, 1.54) is 36.5 Å². The molecule has 2 N–H and O–H groups in total. The van der Waals surface area contributed by atoms with Crippen molar-refractivity contribution in [2.45, 2.75) is 18.7 Å². The summed E-state index contributed by atoms with van der Waals surface area (Å²) in [5.74, 6) is 0.167. The molecular formula is C25H26ClN3O6S. The summed E-state index contributed by atoms with van der Waals surface area (Å²) in [6.45, 7) is 3.92. The number of hydrogen-bond donors (Lipinski definition) is 2. The first-order valence-electron chi connectivity index (χ1n) is 11.0. The fourth-order valence-electron chi connectivity index (χ4n) is 3.15. The van der Waals surface area contributed by atoms with Crippen LogP contribution in [0, 0.1) is 0 Å². The van der Waals surface area contributed by atoms with E-state index in [9.17, 15) is 18.3 Å². The predicted molar refractivity (Wildman–Crippen MR) is 139 cm³/mol. The number of ether oxygens (including phenoxy) is 2. The fraction of sp³-hybridized carbons (Fsp3) is 0.200. The first kappa shape index (κ1) is 26.8. The van der Waals surface area contributed by atoms with Gasteiger partial charge >= 0.3 is 0 Å². The molecule has 0 unspecified atom stereocenters. The summed E-state index contributed by atoms with van der Waals surface area (Å²) in [4.78, 5) is 12.7. The second kappa shape index (κ2) is 12.3. The largest absolute Gasteiger partial charge is 0.504 e. The molecule has 3 aromatic carbocycles. The van der Waals surface area contributed by atoms with E-state index in [-0.39, 0.29) is 22.1 Å². The van der Waals surface area contributed by atoms with Gasteiger partial charge in [0.15, 0.2) is 11.5 Å². The molecule has 0 saturated heterocycles. The number of hydrazone groups is 1. The topological polar surface area (TPSA) is 118 Å². The first-order valence-corrected chi connectivity index (χ1v) is 12.8. The SMILES string of the molecule is CCOc1ccc(N(CC(=O)N/N=C\c2ccc(O)c(OCC)c2)S(=O)(=O)c2ccc(Cl)cc2)cc1. The molecule has 36 heavy (non-hydrogen) atoms. The standard InChI is InChI=1S/C25H26ClN3O6S/c1-3-34-21-10-8-20(9-11-21)29(36(32,33)22-12-6-19(26)7-13-22)17-25(31)28-27-16-18-5-14-23(30)24(15-18)35-4-2/h5-16,30H,3-4,17H2,1-2H3,(H,28,31)/b27-16-. The molecule has 0 fully saturated rings. The molecule has 190 valence electrons. The number of hydrogen-bond acceptors (Lipinski definition) is 7. The van der Waals surface area contributed by atoms with Crippen LogP contribution >= 0.6 is 11.6 Å². The minimum absolute atomic E-state index is 0.0172. The molecule has 0 heterocycles. The van der Waals surface area contributed by atoms with Crippen molar-refractivity contribution in [2.75, 3.05) is 24.1 Å². The maximum atomic E-state index is 13.4. The van der Waals surface area contributed by atoms with Gasteiger partial charge < -0.3 is 14.6 Å².